The molecule has 1 atom stereocenters. The molecule has 1 heterocycles. The molecule has 1 aromatic heterocycles. The van der Waals surface area contributed by atoms with Crippen molar-refractivity contribution < 1.29 is 9.26 Å². The Bertz CT molecular complexity index is 592. The lowest BCUT2D eigenvalue weighted by molar-refractivity contribution is 0.352. The quantitative estimate of drug-likeness (QED) is 0.929. The van der Waals surface area contributed by atoms with E-state index in [2.05, 4.69) is 22.6 Å². The fourth-order valence-corrected chi connectivity index (χ4v) is 2.78. The second-order valence-corrected chi connectivity index (χ2v) is 5.39. The number of nitrogens with zero attached hydrogens (tertiary/aromatic N) is 1. The molecule has 0 bridgehead atoms. The summed E-state index contributed by atoms with van der Waals surface area (Å²) in [7, 11) is 1.71. The van der Waals surface area contributed by atoms with Gasteiger partial charge >= 0.3 is 0 Å². The molecule has 3 rings (SSSR count). The van der Waals surface area contributed by atoms with Gasteiger partial charge in [-0.25, -0.2) is 0 Å². The Hall–Kier alpha value is -1.81. The number of rotatable bonds is 4. The van der Waals surface area contributed by atoms with Crippen LogP contribution in [0.1, 0.15) is 29.0 Å². The number of aromatic nitrogens is 1. The number of ether oxygens (including phenoxy) is 1. The maximum absolute atomic E-state index is 5.30. The Balaban J connectivity index is 1.62. The molecule has 20 heavy (non-hydrogen) atoms. The summed E-state index contributed by atoms with van der Waals surface area (Å²) in [5.41, 5.74) is 3.77. The fourth-order valence-electron chi connectivity index (χ4n) is 2.78. The molecule has 0 saturated carbocycles. The highest BCUT2D eigenvalue weighted by atomic mass is 16.5. The van der Waals surface area contributed by atoms with Crippen molar-refractivity contribution in [1.82, 2.24) is 10.5 Å². The molecular weight excluding hydrogens is 252 g/mol. The van der Waals surface area contributed by atoms with Crippen LogP contribution < -0.4 is 10.1 Å². The van der Waals surface area contributed by atoms with E-state index in [-0.39, 0.29) is 0 Å². The highest BCUT2D eigenvalue weighted by Crippen LogP contribution is 2.25. The van der Waals surface area contributed by atoms with Crippen LogP contribution in [0.25, 0.3) is 0 Å². The average Bonchev–Trinajstić information content (AvgIpc) is 2.90. The zero-order valence-electron chi connectivity index (χ0n) is 12.0. The molecule has 0 spiro atoms. The molecule has 0 amide bonds. The minimum Gasteiger partial charge on any atom is -0.497 e. The van der Waals surface area contributed by atoms with Gasteiger partial charge in [0, 0.05) is 12.1 Å². The molecule has 1 aliphatic rings. The lowest BCUT2D eigenvalue weighted by Crippen LogP contribution is -2.34. The molecule has 4 nitrogen and oxygen atoms in total. The second-order valence-electron chi connectivity index (χ2n) is 5.39. The van der Waals surface area contributed by atoms with Crippen LogP contribution in [-0.4, -0.2) is 18.3 Å². The van der Waals surface area contributed by atoms with E-state index in [1.54, 1.807) is 7.11 Å². The zero-order chi connectivity index (χ0) is 13.9. The smallest absolute Gasteiger partial charge is 0.150 e. The normalized spacial score (nSPS) is 17.8. The van der Waals surface area contributed by atoms with Crippen molar-refractivity contribution in [2.24, 2.45) is 0 Å². The van der Waals surface area contributed by atoms with Gasteiger partial charge in [-0.15, -0.1) is 0 Å². The van der Waals surface area contributed by atoms with Gasteiger partial charge in [-0.05, 0) is 49.4 Å². The molecule has 2 aromatic rings. The molecule has 106 valence electrons. The largest absolute Gasteiger partial charge is 0.497 e. The van der Waals surface area contributed by atoms with Crippen LogP contribution in [0.2, 0.25) is 0 Å². The summed E-state index contributed by atoms with van der Waals surface area (Å²) in [5.74, 6) is 1.84. The molecule has 4 heteroatoms. The van der Waals surface area contributed by atoms with E-state index < -0.39 is 0 Å². The number of hydrogen-bond acceptors (Lipinski definition) is 4. The van der Waals surface area contributed by atoms with Crippen LogP contribution in [0.3, 0.4) is 0 Å². The van der Waals surface area contributed by atoms with Crippen LogP contribution in [0, 0.1) is 6.92 Å². The van der Waals surface area contributed by atoms with Crippen LogP contribution in [-0.2, 0) is 19.4 Å². The van der Waals surface area contributed by atoms with E-state index in [9.17, 15) is 0 Å². The number of methoxy groups -OCH3 is 1. The van der Waals surface area contributed by atoms with Crippen molar-refractivity contribution in [2.75, 3.05) is 7.11 Å². The van der Waals surface area contributed by atoms with Gasteiger partial charge in [-0.1, -0.05) is 11.2 Å². The minimum absolute atomic E-state index is 0.486. The van der Waals surface area contributed by atoms with Crippen molar-refractivity contribution in [3.8, 4) is 5.75 Å². The molecular formula is C16H20N2O2. The number of hydrogen-bond donors (Lipinski definition) is 1. The second kappa shape index (κ2) is 5.67. The van der Waals surface area contributed by atoms with Gasteiger partial charge in [0.05, 0.1) is 19.3 Å². The number of aryl methyl sites for hydroxylation is 2. The SMILES string of the molecule is COc1ccc2c(c1)CC(NCc1cc(C)no1)CC2. The van der Waals surface area contributed by atoms with Crippen LogP contribution in [0.5, 0.6) is 5.75 Å². The van der Waals surface area contributed by atoms with Crippen molar-refractivity contribution in [2.45, 2.75) is 38.8 Å². The number of benzene rings is 1. The van der Waals surface area contributed by atoms with Gasteiger partial charge in [0.2, 0.25) is 0 Å². The molecule has 1 aromatic carbocycles. The third kappa shape index (κ3) is 2.85. The van der Waals surface area contributed by atoms with Gasteiger partial charge in [0.1, 0.15) is 5.75 Å². The summed E-state index contributed by atoms with van der Waals surface area (Å²) < 4.78 is 10.5. The Morgan fingerprint density at radius 3 is 3.00 bits per heavy atom. The third-order valence-corrected chi connectivity index (χ3v) is 3.88. The van der Waals surface area contributed by atoms with Gasteiger partial charge in [0.15, 0.2) is 5.76 Å². The lowest BCUT2D eigenvalue weighted by atomic mass is 9.88. The van der Waals surface area contributed by atoms with Crippen molar-refractivity contribution in [3.63, 3.8) is 0 Å². The zero-order valence-corrected chi connectivity index (χ0v) is 12.0. The van der Waals surface area contributed by atoms with E-state index in [0.29, 0.717) is 6.04 Å². The van der Waals surface area contributed by atoms with Gasteiger partial charge < -0.3 is 14.6 Å². The molecule has 0 saturated heterocycles. The molecule has 1 unspecified atom stereocenters. The molecule has 1 N–H and O–H groups in total. The monoisotopic (exact) mass is 272 g/mol. The first-order valence-electron chi connectivity index (χ1n) is 7.06. The fraction of sp³-hybridized carbons (Fsp3) is 0.438. The molecule has 0 radical (unpaired) electrons. The maximum Gasteiger partial charge on any atom is 0.150 e. The van der Waals surface area contributed by atoms with Crippen molar-refractivity contribution >= 4 is 0 Å². The summed E-state index contributed by atoms with van der Waals surface area (Å²) in [6.07, 6.45) is 3.32. The topological polar surface area (TPSA) is 47.3 Å². The minimum atomic E-state index is 0.486. The van der Waals surface area contributed by atoms with E-state index in [4.69, 9.17) is 9.26 Å². The highest BCUT2D eigenvalue weighted by molar-refractivity contribution is 5.37. The lowest BCUT2D eigenvalue weighted by Gasteiger charge is -2.25. The predicted molar refractivity (Wildman–Crippen MR) is 76.9 cm³/mol. The maximum atomic E-state index is 5.30. The van der Waals surface area contributed by atoms with E-state index in [1.165, 1.54) is 11.1 Å². The van der Waals surface area contributed by atoms with E-state index >= 15 is 0 Å². The standard InChI is InChI=1S/C16H20N2O2/c1-11-7-16(20-18-11)10-17-14-5-3-12-4-6-15(19-2)9-13(12)8-14/h4,6-7,9,14,17H,3,5,8,10H2,1-2H3. The van der Waals surface area contributed by atoms with Gasteiger partial charge in [-0.3, -0.25) is 0 Å². The Morgan fingerprint density at radius 2 is 2.25 bits per heavy atom. The number of fused-ring (bicyclic) bond motifs is 1. The summed E-state index contributed by atoms with van der Waals surface area (Å²) >= 11 is 0. The van der Waals surface area contributed by atoms with Crippen LogP contribution in [0.15, 0.2) is 28.8 Å². The summed E-state index contributed by atoms with van der Waals surface area (Å²) in [5, 5.41) is 7.46. The Kier molecular flexibility index (Phi) is 3.74. The first kappa shape index (κ1) is 13.2. The highest BCUT2D eigenvalue weighted by Gasteiger charge is 2.19. The van der Waals surface area contributed by atoms with Gasteiger partial charge in [-0.2, -0.15) is 0 Å². The van der Waals surface area contributed by atoms with Crippen LogP contribution in [0.4, 0.5) is 0 Å². The first-order chi connectivity index (χ1) is 9.74. The predicted octanol–water partition coefficient (Wildman–Crippen LogP) is 2.64. The average molecular weight is 272 g/mol. The van der Waals surface area contributed by atoms with Crippen molar-refractivity contribution in [3.05, 3.63) is 46.8 Å². The van der Waals surface area contributed by atoms with Gasteiger partial charge in [0.25, 0.3) is 0 Å². The summed E-state index contributed by atoms with van der Waals surface area (Å²) in [4.78, 5) is 0. The summed E-state index contributed by atoms with van der Waals surface area (Å²) in [6, 6.07) is 8.85. The van der Waals surface area contributed by atoms with Crippen molar-refractivity contribution in [1.29, 1.82) is 0 Å². The first-order valence-corrected chi connectivity index (χ1v) is 7.06. The molecule has 1 aliphatic carbocycles. The number of nitrogens with one attached hydrogen (secondary N) is 1. The molecule has 0 fully saturated rings. The Morgan fingerprint density at radius 1 is 1.35 bits per heavy atom. The Labute approximate surface area is 119 Å². The van der Waals surface area contributed by atoms with E-state index in [1.807, 2.05) is 19.1 Å². The summed E-state index contributed by atoms with van der Waals surface area (Å²) in [6.45, 7) is 2.68. The molecule has 0 aliphatic heterocycles. The van der Waals surface area contributed by atoms with E-state index in [0.717, 1.165) is 43.0 Å². The van der Waals surface area contributed by atoms with Crippen LogP contribution >= 0.6 is 0 Å². The third-order valence-electron chi connectivity index (χ3n) is 3.88.